The predicted octanol–water partition coefficient (Wildman–Crippen LogP) is 1.54. The van der Waals surface area contributed by atoms with Crippen molar-refractivity contribution >= 4 is 34.5 Å². The SMILES string of the molecule is C(/C=N/n1nc2ccccc2n1)=N\n1nc2ccccc2n1. The molecule has 8 nitrogen and oxygen atoms in total. The minimum atomic E-state index is 0.789. The van der Waals surface area contributed by atoms with E-state index in [0.29, 0.717) is 0 Å². The van der Waals surface area contributed by atoms with Gasteiger partial charge in [-0.25, -0.2) is 0 Å². The molecular weight excluding hydrogens is 280 g/mol. The second-order valence-electron chi connectivity index (χ2n) is 4.44. The number of hydrogen-bond acceptors (Lipinski definition) is 6. The van der Waals surface area contributed by atoms with E-state index >= 15 is 0 Å². The van der Waals surface area contributed by atoms with Crippen molar-refractivity contribution in [3.8, 4) is 0 Å². The van der Waals surface area contributed by atoms with Gasteiger partial charge < -0.3 is 0 Å². The summed E-state index contributed by atoms with van der Waals surface area (Å²) in [5.41, 5.74) is 3.15. The zero-order chi connectivity index (χ0) is 14.8. The molecule has 0 saturated carbocycles. The molecular formula is C14H10N8. The molecule has 0 N–H and O–H groups in total. The third kappa shape index (κ3) is 2.33. The fraction of sp³-hybridized carbons (Fsp3) is 0. The van der Waals surface area contributed by atoms with E-state index in [0.717, 1.165) is 22.1 Å². The summed E-state index contributed by atoms with van der Waals surface area (Å²) in [4.78, 5) is 2.51. The van der Waals surface area contributed by atoms with Crippen molar-refractivity contribution in [3.05, 3.63) is 48.5 Å². The molecule has 8 heteroatoms. The molecule has 2 heterocycles. The highest BCUT2D eigenvalue weighted by Gasteiger charge is 1.99. The molecule has 0 aliphatic carbocycles. The Morgan fingerprint density at radius 1 is 0.591 bits per heavy atom. The first kappa shape index (κ1) is 12.3. The van der Waals surface area contributed by atoms with Gasteiger partial charge in [-0.05, 0) is 24.3 Å². The highest BCUT2D eigenvalue weighted by molar-refractivity contribution is 6.15. The maximum absolute atomic E-state index is 4.20. The number of aromatic nitrogens is 6. The number of rotatable bonds is 3. The molecule has 0 amide bonds. The molecule has 4 aromatic rings. The lowest BCUT2D eigenvalue weighted by molar-refractivity contribution is 0.643. The molecule has 0 fully saturated rings. The van der Waals surface area contributed by atoms with Crippen LogP contribution in [-0.2, 0) is 0 Å². The van der Waals surface area contributed by atoms with Crippen molar-refractivity contribution in [2.24, 2.45) is 10.2 Å². The van der Waals surface area contributed by atoms with Crippen molar-refractivity contribution in [2.75, 3.05) is 0 Å². The van der Waals surface area contributed by atoms with Gasteiger partial charge in [-0.3, -0.25) is 0 Å². The van der Waals surface area contributed by atoms with Crippen LogP contribution in [0.1, 0.15) is 0 Å². The average Bonchev–Trinajstić information content (AvgIpc) is 3.14. The lowest BCUT2D eigenvalue weighted by Gasteiger charge is -1.85. The van der Waals surface area contributed by atoms with Crippen LogP contribution in [0.25, 0.3) is 22.1 Å². The van der Waals surface area contributed by atoms with Gasteiger partial charge >= 0.3 is 0 Å². The van der Waals surface area contributed by atoms with E-state index in [1.54, 1.807) is 0 Å². The van der Waals surface area contributed by atoms with E-state index in [1.807, 2.05) is 48.5 Å². The Labute approximate surface area is 124 Å². The predicted molar refractivity (Wildman–Crippen MR) is 82.8 cm³/mol. The molecule has 0 spiro atoms. The first-order valence-corrected chi connectivity index (χ1v) is 6.60. The minimum Gasteiger partial charge on any atom is -0.138 e. The van der Waals surface area contributed by atoms with Crippen LogP contribution >= 0.6 is 0 Å². The van der Waals surface area contributed by atoms with Crippen LogP contribution in [-0.4, -0.2) is 42.6 Å². The molecule has 0 aliphatic rings. The summed E-state index contributed by atoms with van der Waals surface area (Å²) in [6.45, 7) is 0. The fourth-order valence-corrected chi connectivity index (χ4v) is 1.98. The Kier molecular flexibility index (Phi) is 2.90. The van der Waals surface area contributed by atoms with Gasteiger partial charge in [0.05, 0.1) is 12.4 Å². The standard InChI is InChI=1S/C14H10N8/c1-2-6-12-11(5-1)17-21(18-12)15-9-10-16-22-19-13-7-3-4-8-14(13)20-22/h1-10H/b15-9+,16-10+. The minimum absolute atomic E-state index is 0.789. The molecule has 22 heavy (non-hydrogen) atoms. The Hall–Kier alpha value is -3.42. The number of hydrogen-bond donors (Lipinski definition) is 0. The molecule has 0 aliphatic heterocycles. The van der Waals surface area contributed by atoms with Crippen LogP contribution in [0.15, 0.2) is 58.7 Å². The summed E-state index contributed by atoms with van der Waals surface area (Å²) in [5, 5.41) is 24.9. The van der Waals surface area contributed by atoms with Crippen LogP contribution in [0.4, 0.5) is 0 Å². The molecule has 2 aromatic heterocycles. The lowest BCUT2D eigenvalue weighted by atomic mass is 10.3. The Bertz CT molecular complexity index is 846. The molecule has 0 radical (unpaired) electrons. The molecule has 2 aromatic carbocycles. The van der Waals surface area contributed by atoms with Gasteiger partial charge in [0.25, 0.3) is 0 Å². The second-order valence-corrected chi connectivity index (χ2v) is 4.44. The molecule has 0 unspecified atom stereocenters. The van der Waals surface area contributed by atoms with Gasteiger partial charge in [0.15, 0.2) is 0 Å². The van der Waals surface area contributed by atoms with Gasteiger partial charge in [0, 0.05) is 0 Å². The molecule has 0 atom stereocenters. The van der Waals surface area contributed by atoms with Gasteiger partial charge in [-0.15, -0.1) is 30.6 Å². The molecule has 4 rings (SSSR count). The highest BCUT2D eigenvalue weighted by Crippen LogP contribution is 2.07. The molecule has 0 saturated heterocycles. The lowest BCUT2D eigenvalue weighted by Crippen LogP contribution is -1.97. The van der Waals surface area contributed by atoms with E-state index < -0.39 is 0 Å². The summed E-state index contributed by atoms with van der Waals surface area (Å²) < 4.78 is 0. The summed E-state index contributed by atoms with van der Waals surface area (Å²) in [6.07, 6.45) is 2.96. The number of benzene rings is 2. The average molecular weight is 290 g/mol. The van der Waals surface area contributed by atoms with Crippen molar-refractivity contribution in [2.45, 2.75) is 0 Å². The van der Waals surface area contributed by atoms with Gasteiger partial charge in [-0.1, -0.05) is 34.1 Å². The number of fused-ring (bicyclic) bond motifs is 2. The largest absolute Gasteiger partial charge is 0.138 e. The third-order valence-electron chi connectivity index (χ3n) is 2.96. The second kappa shape index (κ2) is 5.17. The number of nitrogens with zero attached hydrogens (tertiary/aromatic N) is 8. The maximum atomic E-state index is 4.20. The first-order valence-electron chi connectivity index (χ1n) is 6.60. The van der Waals surface area contributed by atoms with Gasteiger partial charge in [-0.2, -0.15) is 0 Å². The zero-order valence-electron chi connectivity index (χ0n) is 11.4. The third-order valence-corrected chi connectivity index (χ3v) is 2.96. The van der Waals surface area contributed by atoms with E-state index in [-0.39, 0.29) is 0 Å². The normalized spacial score (nSPS) is 12.2. The topological polar surface area (TPSA) is 86.1 Å². The van der Waals surface area contributed by atoms with Crippen LogP contribution in [0.3, 0.4) is 0 Å². The fourth-order valence-electron chi connectivity index (χ4n) is 1.98. The summed E-state index contributed by atoms with van der Waals surface area (Å²) in [7, 11) is 0. The smallest absolute Gasteiger partial charge is 0.115 e. The zero-order valence-corrected chi connectivity index (χ0v) is 11.4. The quantitative estimate of drug-likeness (QED) is 0.536. The summed E-state index contributed by atoms with van der Waals surface area (Å²) in [5.74, 6) is 0. The van der Waals surface area contributed by atoms with Gasteiger partial charge in [0.2, 0.25) is 0 Å². The summed E-state index contributed by atoms with van der Waals surface area (Å²) >= 11 is 0. The van der Waals surface area contributed by atoms with Crippen LogP contribution < -0.4 is 0 Å². The molecule has 0 bridgehead atoms. The van der Waals surface area contributed by atoms with Crippen molar-refractivity contribution in [1.82, 2.24) is 30.2 Å². The first-order chi connectivity index (χ1) is 10.9. The van der Waals surface area contributed by atoms with Crippen LogP contribution in [0.2, 0.25) is 0 Å². The maximum Gasteiger partial charge on any atom is 0.115 e. The van der Waals surface area contributed by atoms with Gasteiger partial charge in [0.1, 0.15) is 22.1 Å². The van der Waals surface area contributed by atoms with E-state index in [2.05, 4.69) is 30.6 Å². The van der Waals surface area contributed by atoms with Crippen molar-refractivity contribution < 1.29 is 0 Å². The van der Waals surface area contributed by atoms with Crippen LogP contribution in [0.5, 0.6) is 0 Å². The Morgan fingerprint density at radius 2 is 0.909 bits per heavy atom. The monoisotopic (exact) mass is 290 g/mol. The summed E-state index contributed by atoms with van der Waals surface area (Å²) in [6, 6.07) is 15.1. The Morgan fingerprint density at radius 3 is 1.23 bits per heavy atom. The van der Waals surface area contributed by atoms with E-state index in [4.69, 9.17) is 0 Å². The van der Waals surface area contributed by atoms with Crippen molar-refractivity contribution in [1.29, 1.82) is 0 Å². The van der Waals surface area contributed by atoms with E-state index in [9.17, 15) is 0 Å². The van der Waals surface area contributed by atoms with Crippen LogP contribution in [0, 0.1) is 0 Å². The highest BCUT2D eigenvalue weighted by atomic mass is 15.7. The van der Waals surface area contributed by atoms with E-state index in [1.165, 1.54) is 22.2 Å². The van der Waals surface area contributed by atoms with Crippen molar-refractivity contribution in [3.63, 3.8) is 0 Å². The Balaban J connectivity index is 1.53. The molecule has 106 valence electrons.